The van der Waals surface area contributed by atoms with E-state index in [0.29, 0.717) is 41.3 Å². The number of furan rings is 1. The molecule has 0 bridgehead atoms. The number of carbonyl (C=O) groups is 1. The SMILES string of the molecule is O=C1NCCn2c(-c3ccc(-c4cc(C(F)(F)F)ccc4Cl)o3)nc3cccc1c32. The number of aromatic nitrogens is 2. The van der Waals surface area contributed by atoms with Crippen molar-refractivity contribution in [3.63, 3.8) is 0 Å². The number of nitrogens with one attached hydrogen (secondary N) is 1. The monoisotopic (exact) mass is 431 g/mol. The zero-order chi connectivity index (χ0) is 21.0. The predicted octanol–water partition coefficient (Wildman–Crippen LogP) is 5.38. The van der Waals surface area contributed by atoms with E-state index in [1.807, 2.05) is 4.57 Å². The molecule has 0 saturated carbocycles. The summed E-state index contributed by atoms with van der Waals surface area (Å²) >= 11 is 6.13. The van der Waals surface area contributed by atoms with Gasteiger partial charge in [0.1, 0.15) is 5.76 Å². The minimum Gasteiger partial charge on any atom is -0.453 e. The van der Waals surface area contributed by atoms with Crippen LogP contribution in [0.5, 0.6) is 0 Å². The van der Waals surface area contributed by atoms with Gasteiger partial charge in [-0.25, -0.2) is 4.98 Å². The predicted molar refractivity (Wildman–Crippen MR) is 105 cm³/mol. The zero-order valence-corrected chi connectivity index (χ0v) is 16.0. The van der Waals surface area contributed by atoms with Gasteiger partial charge in [-0.3, -0.25) is 4.79 Å². The van der Waals surface area contributed by atoms with Gasteiger partial charge in [0.25, 0.3) is 5.91 Å². The van der Waals surface area contributed by atoms with Crippen molar-refractivity contribution in [3.05, 3.63) is 64.7 Å². The van der Waals surface area contributed by atoms with Crippen molar-refractivity contribution in [2.45, 2.75) is 12.7 Å². The molecule has 0 radical (unpaired) electrons. The minimum absolute atomic E-state index is 0.141. The van der Waals surface area contributed by atoms with Crippen molar-refractivity contribution in [1.29, 1.82) is 0 Å². The highest BCUT2D eigenvalue weighted by molar-refractivity contribution is 6.33. The molecule has 1 aliphatic heterocycles. The lowest BCUT2D eigenvalue weighted by molar-refractivity contribution is -0.137. The lowest BCUT2D eigenvalue weighted by Crippen LogP contribution is -2.24. The number of alkyl halides is 3. The molecule has 30 heavy (non-hydrogen) atoms. The molecule has 9 heteroatoms. The number of rotatable bonds is 2. The van der Waals surface area contributed by atoms with E-state index in [1.54, 1.807) is 30.3 Å². The number of imidazole rings is 1. The van der Waals surface area contributed by atoms with Crippen molar-refractivity contribution in [3.8, 4) is 22.9 Å². The van der Waals surface area contributed by atoms with Crippen LogP contribution in [0.25, 0.3) is 33.9 Å². The van der Waals surface area contributed by atoms with E-state index in [9.17, 15) is 18.0 Å². The van der Waals surface area contributed by atoms with Crippen LogP contribution in [-0.4, -0.2) is 22.0 Å². The van der Waals surface area contributed by atoms with E-state index in [0.717, 1.165) is 12.1 Å². The lowest BCUT2D eigenvalue weighted by Gasteiger charge is -2.09. The summed E-state index contributed by atoms with van der Waals surface area (Å²) in [6, 6.07) is 11.6. The van der Waals surface area contributed by atoms with Crippen molar-refractivity contribution < 1.29 is 22.4 Å². The van der Waals surface area contributed by atoms with Crippen LogP contribution in [0.2, 0.25) is 5.02 Å². The van der Waals surface area contributed by atoms with Crippen LogP contribution in [0.15, 0.2) is 52.9 Å². The van der Waals surface area contributed by atoms with Gasteiger partial charge in [-0.05, 0) is 42.5 Å². The lowest BCUT2D eigenvalue weighted by atomic mass is 10.1. The normalized spacial score (nSPS) is 14.1. The second-order valence-corrected chi connectivity index (χ2v) is 7.28. The Kier molecular flexibility index (Phi) is 4.14. The molecule has 0 fully saturated rings. The molecule has 4 aromatic rings. The van der Waals surface area contributed by atoms with Crippen molar-refractivity contribution >= 4 is 28.5 Å². The smallest absolute Gasteiger partial charge is 0.416 e. The van der Waals surface area contributed by atoms with Gasteiger partial charge in [0.15, 0.2) is 11.6 Å². The fourth-order valence-electron chi connectivity index (χ4n) is 3.64. The Morgan fingerprint density at radius 2 is 1.87 bits per heavy atom. The van der Waals surface area contributed by atoms with Crippen LogP contribution < -0.4 is 5.32 Å². The molecule has 152 valence electrons. The zero-order valence-electron chi connectivity index (χ0n) is 15.3. The van der Waals surface area contributed by atoms with Crippen LogP contribution in [-0.2, 0) is 12.7 Å². The third-order valence-corrected chi connectivity index (χ3v) is 5.35. The molecule has 0 unspecified atom stereocenters. The Labute approximate surface area is 173 Å². The van der Waals surface area contributed by atoms with Gasteiger partial charge in [0.05, 0.1) is 27.2 Å². The highest BCUT2D eigenvalue weighted by Crippen LogP contribution is 2.38. The van der Waals surface area contributed by atoms with Gasteiger partial charge in [-0.15, -0.1) is 0 Å². The molecule has 5 rings (SSSR count). The fourth-order valence-corrected chi connectivity index (χ4v) is 3.85. The number of benzene rings is 2. The number of hydrogen-bond acceptors (Lipinski definition) is 3. The summed E-state index contributed by atoms with van der Waals surface area (Å²) in [6.07, 6.45) is -4.49. The molecular formula is C21H13ClF3N3O2. The summed E-state index contributed by atoms with van der Waals surface area (Å²) in [5.74, 6) is 0.879. The Hall–Kier alpha value is -3.26. The van der Waals surface area contributed by atoms with Gasteiger partial charge < -0.3 is 14.3 Å². The summed E-state index contributed by atoms with van der Waals surface area (Å²) in [5.41, 5.74) is 1.16. The number of halogens is 4. The average molecular weight is 432 g/mol. The molecule has 0 atom stereocenters. The topological polar surface area (TPSA) is 60.1 Å². The van der Waals surface area contributed by atoms with Gasteiger partial charge in [0, 0.05) is 18.7 Å². The first-order chi connectivity index (χ1) is 14.3. The molecule has 2 aromatic heterocycles. The molecule has 2 aromatic carbocycles. The molecular weight excluding hydrogens is 419 g/mol. The fraction of sp³-hybridized carbons (Fsp3) is 0.143. The Morgan fingerprint density at radius 3 is 2.67 bits per heavy atom. The van der Waals surface area contributed by atoms with E-state index in [2.05, 4.69) is 10.3 Å². The summed E-state index contributed by atoms with van der Waals surface area (Å²) in [4.78, 5) is 16.9. The first kappa shape index (κ1) is 18.7. The maximum absolute atomic E-state index is 13.1. The van der Waals surface area contributed by atoms with Gasteiger partial charge in [-0.2, -0.15) is 13.2 Å². The molecule has 1 amide bonds. The molecule has 1 aliphatic rings. The molecule has 0 aliphatic carbocycles. The summed E-state index contributed by atoms with van der Waals surface area (Å²) in [5, 5.41) is 2.98. The van der Waals surface area contributed by atoms with Gasteiger partial charge in [0.2, 0.25) is 0 Å². The number of hydrogen-bond donors (Lipinski definition) is 1. The summed E-state index contributed by atoms with van der Waals surface area (Å²) in [6.45, 7) is 0.897. The standard InChI is InChI=1S/C21H13ClF3N3O2/c22-14-5-4-11(21(23,24)25)10-13(14)16-6-7-17(30-16)19-27-15-3-1-2-12-18(15)28(19)9-8-26-20(12)29/h1-7,10H,8-9H2,(H,26,29). The molecule has 5 nitrogen and oxygen atoms in total. The Bertz CT molecular complexity index is 1310. The van der Waals surface area contributed by atoms with Gasteiger partial charge in [-0.1, -0.05) is 17.7 Å². The maximum Gasteiger partial charge on any atom is 0.416 e. The van der Waals surface area contributed by atoms with Crippen LogP contribution >= 0.6 is 11.6 Å². The van der Waals surface area contributed by atoms with Crippen LogP contribution in [0, 0.1) is 0 Å². The van der Waals surface area contributed by atoms with E-state index < -0.39 is 11.7 Å². The second-order valence-electron chi connectivity index (χ2n) is 6.87. The minimum atomic E-state index is -4.49. The highest BCUT2D eigenvalue weighted by atomic mass is 35.5. The molecule has 3 heterocycles. The number of carbonyl (C=O) groups excluding carboxylic acids is 1. The molecule has 1 N–H and O–H groups in total. The van der Waals surface area contributed by atoms with Crippen LogP contribution in [0.3, 0.4) is 0 Å². The molecule has 0 spiro atoms. The third kappa shape index (κ3) is 2.95. The van der Waals surface area contributed by atoms with E-state index in [-0.39, 0.29) is 22.3 Å². The molecule has 0 saturated heterocycles. The van der Waals surface area contributed by atoms with Crippen LogP contribution in [0.1, 0.15) is 15.9 Å². The van der Waals surface area contributed by atoms with Gasteiger partial charge >= 0.3 is 6.18 Å². The van der Waals surface area contributed by atoms with E-state index in [1.165, 1.54) is 6.07 Å². The summed E-state index contributed by atoms with van der Waals surface area (Å²) in [7, 11) is 0. The maximum atomic E-state index is 13.1. The van der Waals surface area contributed by atoms with Crippen molar-refractivity contribution in [1.82, 2.24) is 14.9 Å². The highest BCUT2D eigenvalue weighted by Gasteiger charge is 2.31. The quantitative estimate of drug-likeness (QED) is 0.463. The van der Waals surface area contributed by atoms with Crippen molar-refractivity contribution in [2.24, 2.45) is 0 Å². The Morgan fingerprint density at radius 1 is 1.07 bits per heavy atom. The first-order valence-corrected chi connectivity index (χ1v) is 9.45. The average Bonchev–Trinajstić information content (AvgIpc) is 3.28. The van der Waals surface area contributed by atoms with Crippen LogP contribution in [0.4, 0.5) is 13.2 Å². The van der Waals surface area contributed by atoms with Crippen molar-refractivity contribution in [2.75, 3.05) is 6.54 Å². The van der Waals surface area contributed by atoms with E-state index in [4.69, 9.17) is 16.0 Å². The summed E-state index contributed by atoms with van der Waals surface area (Å²) < 4.78 is 47.0. The first-order valence-electron chi connectivity index (χ1n) is 9.08. The number of para-hydroxylation sites is 1. The number of amides is 1. The second kappa shape index (κ2) is 6.63. The largest absolute Gasteiger partial charge is 0.453 e. The van der Waals surface area contributed by atoms with E-state index >= 15 is 0 Å². The number of nitrogens with zero attached hydrogens (tertiary/aromatic N) is 2. The third-order valence-electron chi connectivity index (χ3n) is 5.02. The Balaban J connectivity index is 1.64.